The molecule has 0 saturated carbocycles. The molecule has 1 heterocycles. The second-order valence-corrected chi connectivity index (χ2v) is 5.88. The number of halogens is 1. The van der Waals surface area contributed by atoms with Gasteiger partial charge in [-0.2, -0.15) is 0 Å². The first kappa shape index (κ1) is 13.8. The molecule has 0 bridgehead atoms. The van der Waals surface area contributed by atoms with Crippen LogP contribution in [0.1, 0.15) is 18.9 Å². The van der Waals surface area contributed by atoms with Crippen molar-refractivity contribution in [2.45, 2.75) is 32.4 Å². The Hall–Kier alpha value is -0.580. The van der Waals surface area contributed by atoms with Crippen molar-refractivity contribution >= 4 is 21.6 Å². The largest absolute Gasteiger partial charge is 0.382 e. The van der Waals surface area contributed by atoms with E-state index in [0.29, 0.717) is 12.1 Å². The highest BCUT2D eigenvalue weighted by Gasteiger charge is 2.16. The Bertz CT molecular complexity index is 391. The monoisotopic (exact) mass is 312 g/mol. The zero-order valence-electron chi connectivity index (χ0n) is 11.0. The lowest BCUT2D eigenvalue weighted by atomic mass is 10.1. The summed E-state index contributed by atoms with van der Waals surface area (Å²) in [6, 6.07) is 7.23. The minimum Gasteiger partial charge on any atom is -0.382 e. The van der Waals surface area contributed by atoms with Crippen LogP contribution in [0.15, 0.2) is 22.7 Å². The number of rotatable bonds is 4. The van der Waals surface area contributed by atoms with Crippen molar-refractivity contribution in [3.8, 4) is 0 Å². The minimum absolute atomic E-state index is 0.428. The van der Waals surface area contributed by atoms with E-state index in [9.17, 15) is 0 Å². The van der Waals surface area contributed by atoms with Gasteiger partial charge in [-0.3, -0.25) is 0 Å². The number of benzene rings is 1. The van der Waals surface area contributed by atoms with Crippen LogP contribution in [0.5, 0.6) is 0 Å². The second-order valence-electron chi connectivity index (χ2n) is 4.97. The van der Waals surface area contributed by atoms with Crippen LogP contribution in [-0.2, 0) is 4.74 Å². The normalized spacial score (nSPS) is 21.6. The highest BCUT2D eigenvalue weighted by Crippen LogP contribution is 2.22. The quantitative estimate of drug-likeness (QED) is 0.897. The van der Waals surface area contributed by atoms with E-state index in [1.54, 1.807) is 0 Å². The molecule has 1 aliphatic heterocycles. The molecule has 1 saturated heterocycles. The van der Waals surface area contributed by atoms with Gasteiger partial charge in [-0.25, -0.2) is 0 Å². The van der Waals surface area contributed by atoms with Crippen LogP contribution < -0.4 is 10.6 Å². The van der Waals surface area contributed by atoms with Crippen molar-refractivity contribution in [1.82, 2.24) is 5.32 Å². The van der Waals surface area contributed by atoms with Crippen molar-refractivity contribution < 1.29 is 4.74 Å². The van der Waals surface area contributed by atoms with Crippen molar-refractivity contribution in [2.24, 2.45) is 0 Å². The van der Waals surface area contributed by atoms with Gasteiger partial charge < -0.3 is 15.4 Å². The van der Waals surface area contributed by atoms with E-state index < -0.39 is 0 Å². The molecule has 0 aliphatic carbocycles. The lowest BCUT2D eigenvalue weighted by Crippen LogP contribution is -2.43. The molecule has 1 fully saturated rings. The summed E-state index contributed by atoms with van der Waals surface area (Å²) in [5, 5.41) is 7.06. The lowest BCUT2D eigenvalue weighted by molar-refractivity contribution is 0.0731. The zero-order valence-corrected chi connectivity index (χ0v) is 12.6. The molecule has 0 amide bonds. The van der Waals surface area contributed by atoms with Crippen LogP contribution >= 0.6 is 15.9 Å². The van der Waals surface area contributed by atoms with E-state index in [1.165, 1.54) is 11.3 Å². The van der Waals surface area contributed by atoms with Crippen molar-refractivity contribution in [3.05, 3.63) is 28.2 Å². The number of ether oxygens (including phenoxy) is 1. The Morgan fingerprint density at radius 3 is 3.11 bits per heavy atom. The molecule has 18 heavy (non-hydrogen) atoms. The maximum absolute atomic E-state index is 5.48. The van der Waals surface area contributed by atoms with Gasteiger partial charge in [0.05, 0.1) is 13.2 Å². The Morgan fingerprint density at radius 2 is 2.39 bits per heavy atom. The van der Waals surface area contributed by atoms with Gasteiger partial charge in [-0.1, -0.05) is 22.0 Å². The van der Waals surface area contributed by atoms with Crippen LogP contribution in [0.2, 0.25) is 0 Å². The molecule has 2 rings (SSSR count). The van der Waals surface area contributed by atoms with E-state index in [2.05, 4.69) is 58.6 Å². The van der Waals surface area contributed by atoms with Crippen molar-refractivity contribution in [3.63, 3.8) is 0 Å². The van der Waals surface area contributed by atoms with E-state index >= 15 is 0 Å². The van der Waals surface area contributed by atoms with Gasteiger partial charge in [0.15, 0.2) is 0 Å². The molecule has 2 atom stereocenters. The fraction of sp³-hybridized carbons (Fsp3) is 0.571. The third-order valence-corrected chi connectivity index (χ3v) is 3.73. The Morgan fingerprint density at radius 1 is 1.56 bits per heavy atom. The van der Waals surface area contributed by atoms with Crippen LogP contribution in [0.3, 0.4) is 0 Å². The summed E-state index contributed by atoms with van der Waals surface area (Å²) in [6.45, 7) is 6.97. The number of nitrogens with one attached hydrogen (secondary N) is 2. The van der Waals surface area contributed by atoms with Gasteiger partial charge >= 0.3 is 0 Å². The average molecular weight is 313 g/mol. The van der Waals surface area contributed by atoms with Crippen molar-refractivity contribution in [2.75, 3.05) is 25.1 Å². The average Bonchev–Trinajstić information content (AvgIpc) is 2.35. The molecular weight excluding hydrogens is 292 g/mol. The van der Waals surface area contributed by atoms with E-state index in [4.69, 9.17) is 4.74 Å². The first-order valence-electron chi connectivity index (χ1n) is 6.49. The van der Waals surface area contributed by atoms with Crippen LogP contribution in [-0.4, -0.2) is 31.8 Å². The summed E-state index contributed by atoms with van der Waals surface area (Å²) < 4.78 is 6.59. The molecular formula is C14H21BrN2O. The molecule has 3 nitrogen and oxygen atoms in total. The number of hydrogen-bond donors (Lipinski definition) is 2. The van der Waals surface area contributed by atoms with E-state index in [0.717, 1.165) is 30.7 Å². The SMILES string of the molecule is Cc1ccc(Br)cc1NC(C)CC1COCCN1. The minimum atomic E-state index is 0.428. The van der Waals surface area contributed by atoms with Crippen LogP contribution in [0.25, 0.3) is 0 Å². The summed E-state index contributed by atoms with van der Waals surface area (Å²) in [6.07, 6.45) is 1.08. The van der Waals surface area contributed by atoms with Gasteiger partial charge in [0, 0.05) is 28.8 Å². The standard InChI is InChI=1S/C14H21BrN2O/c1-10-3-4-12(15)8-14(10)17-11(2)7-13-9-18-6-5-16-13/h3-4,8,11,13,16-17H,5-7,9H2,1-2H3. The smallest absolute Gasteiger partial charge is 0.0621 e. The van der Waals surface area contributed by atoms with Crippen LogP contribution in [0, 0.1) is 6.92 Å². The topological polar surface area (TPSA) is 33.3 Å². The Balaban J connectivity index is 1.89. The highest BCUT2D eigenvalue weighted by molar-refractivity contribution is 9.10. The molecule has 0 spiro atoms. The fourth-order valence-corrected chi connectivity index (χ4v) is 2.63. The fourth-order valence-electron chi connectivity index (χ4n) is 2.27. The summed E-state index contributed by atoms with van der Waals surface area (Å²) >= 11 is 3.51. The summed E-state index contributed by atoms with van der Waals surface area (Å²) in [5.74, 6) is 0. The Kier molecular flexibility index (Phi) is 5.03. The predicted molar refractivity (Wildman–Crippen MR) is 79.2 cm³/mol. The van der Waals surface area contributed by atoms with E-state index in [1.807, 2.05) is 0 Å². The number of morpholine rings is 1. The molecule has 1 aromatic carbocycles. The molecule has 2 N–H and O–H groups in total. The first-order valence-corrected chi connectivity index (χ1v) is 7.28. The van der Waals surface area contributed by atoms with Gasteiger partial charge in [-0.05, 0) is 38.0 Å². The predicted octanol–water partition coefficient (Wildman–Crippen LogP) is 2.94. The lowest BCUT2D eigenvalue weighted by Gasteiger charge is -2.27. The first-order chi connectivity index (χ1) is 8.65. The molecule has 1 aliphatic rings. The molecule has 0 aromatic heterocycles. The molecule has 0 radical (unpaired) electrons. The maximum Gasteiger partial charge on any atom is 0.0621 e. The number of hydrogen-bond acceptors (Lipinski definition) is 3. The third kappa shape index (κ3) is 3.97. The summed E-state index contributed by atoms with van der Waals surface area (Å²) in [7, 11) is 0. The number of anilines is 1. The van der Waals surface area contributed by atoms with E-state index in [-0.39, 0.29) is 0 Å². The Labute approximate surface area is 117 Å². The van der Waals surface area contributed by atoms with Gasteiger partial charge in [0.2, 0.25) is 0 Å². The van der Waals surface area contributed by atoms with Gasteiger partial charge in [0.25, 0.3) is 0 Å². The third-order valence-electron chi connectivity index (χ3n) is 3.24. The molecule has 1 aromatic rings. The summed E-state index contributed by atoms with van der Waals surface area (Å²) in [5.41, 5.74) is 2.48. The maximum atomic E-state index is 5.48. The molecule has 4 heteroatoms. The second kappa shape index (κ2) is 6.55. The van der Waals surface area contributed by atoms with Crippen LogP contribution in [0.4, 0.5) is 5.69 Å². The highest BCUT2D eigenvalue weighted by atomic mass is 79.9. The zero-order chi connectivity index (χ0) is 13.0. The van der Waals surface area contributed by atoms with Gasteiger partial charge in [0.1, 0.15) is 0 Å². The van der Waals surface area contributed by atoms with Crippen molar-refractivity contribution in [1.29, 1.82) is 0 Å². The van der Waals surface area contributed by atoms with Gasteiger partial charge in [-0.15, -0.1) is 0 Å². The molecule has 2 unspecified atom stereocenters. The summed E-state index contributed by atoms with van der Waals surface area (Å²) in [4.78, 5) is 0. The number of aryl methyl sites for hydroxylation is 1. The molecule has 100 valence electrons.